The van der Waals surface area contributed by atoms with E-state index in [-0.39, 0.29) is 0 Å². The lowest BCUT2D eigenvalue weighted by Crippen LogP contribution is -2.39. The predicted molar refractivity (Wildman–Crippen MR) is 101 cm³/mol. The van der Waals surface area contributed by atoms with Crippen molar-refractivity contribution in [3.63, 3.8) is 0 Å². The molecule has 1 aromatic carbocycles. The van der Waals surface area contributed by atoms with Crippen LogP contribution in [0.3, 0.4) is 0 Å². The summed E-state index contributed by atoms with van der Waals surface area (Å²) >= 11 is 0. The van der Waals surface area contributed by atoms with Crippen molar-refractivity contribution in [2.45, 2.75) is 19.3 Å². The second-order valence-corrected chi connectivity index (χ2v) is 13.3. The fourth-order valence-corrected chi connectivity index (χ4v) is 15.8. The van der Waals surface area contributed by atoms with E-state index in [0.717, 1.165) is 5.41 Å². The second-order valence-electron chi connectivity index (χ2n) is 13.3. The van der Waals surface area contributed by atoms with E-state index in [4.69, 9.17) is 0 Å². The maximum absolute atomic E-state index is 2.49. The molecule has 18 atom stereocenters. The van der Waals surface area contributed by atoms with Crippen LogP contribution in [0.25, 0.3) is 0 Å². The van der Waals surface area contributed by atoms with E-state index >= 15 is 0 Å². The van der Waals surface area contributed by atoms with Crippen LogP contribution < -0.4 is 0 Å². The van der Waals surface area contributed by atoms with Crippen molar-refractivity contribution >= 4 is 0 Å². The highest BCUT2D eigenvalue weighted by molar-refractivity contribution is 5.43. The first-order valence-corrected chi connectivity index (χ1v) is 12.5. The SMILES string of the molecule is c1ccc(CC23C4[C@@H]5C[C@@H]6C7C8[C@@H]9[C@@H]6[C@@H]5[C@@H]2[C@@H]9[C@H]2[C@@H]8[C@H]5[C@H]([C@H]23)[C@H]4C[C@@H]75)cc1. The van der Waals surface area contributed by atoms with Gasteiger partial charge in [0.15, 0.2) is 0 Å². The Morgan fingerprint density at radius 3 is 1.78 bits per heavy atom. The molecule has 10 fully saturated rings. The molecule has 0 N–H and O–H groups in total. The Hall–Kier alpha value is -0.780. The largest absolute Gasteiger partial charge is 0.0622 e. The van der Waals surface area contributed by atoms with E-state index in [1.165, 1.54) is 107 Å². The fourth-order valence-electron chi connectivity index (χ4n) is 15.8. The van der Waals surface area contributed by atoms with Crippen LogP contribution in [0.5, 0.6) is 0 Å². The minimum atomic E-state index is 0.784. The molecule has 0 radical (unpaired) electrons. The van der Waals surface area contributed by atoms with Crippen LogP contribution in [0.1, 0.15) is 18.4 Å². The van der Waals surface area contributed by atoms with Crippen molar-refractivity contribution in [2.75, 3.05) is 0 Å². The Kier molecular flexibility index (Phi) is 1.54. The van der Waals surface area contributed by atoms with Crippen molar-refractivity contribution in [3.8, 4) is 0 Å². The van der Waals surface area contributed by atoms with Gasteiger partial charge in [-0.2, -0.15) is 0 Å². The van der Waals surface area contributed by atoms with Crippen molar-refractivity contribution in [3.05, 3.63) is 35.9 Å². The molecule has 27 heavy (non-hydrogen) atoms. The Balaban J connectivity index is 1.27. The molecule has 10 saturated carbocycles. The van der Waals surface area contributed by atoms with Crippen LogP contribution in [0.15, 0.2) is 30.3 Å². The summed E-state index contributed by atoms with van der Waals surface area (Å²) in [4.78, 5) is 0. The molecule has 0 spiro atoms. The van der Waals surface area contributed by atoms with Gasteiger partial charge in [-0.15, -0.1) is 0 Å². The summed E-state index contributed by atoms with van der Waals surface area (Å²) in [5.74, 6) is 20.8. The van der Waals surface area contributed by atoms with E-state index in [1.54, 1.807) is 18.4 Å². The summed E-state index contributed by atoms with van der Waals surface area (Å²) in [6, 6.07) is 11.9. The first-order valence-electron chi connectivity index (χ1n) is 12.5. The highest BCUT2D eigenvalue weighted by Crippen LogP contribution is 2.99. The molecule has 10 aliphatic rings. The number of rotatable bonds is 2. The third-order valence-corrected chi connectivity index (χ3v) is 14.3. The van der Waals surface area contributed by atoms with Crippen LogP contribution in [-0.2, 0) is 6.42 Å². The number of hydrogen-bond acceptors (Lipinski definition) is 0. The number of benzene rings is 1. The van der Waals surface area contributed by atoms with Gasteiger partial charge in [0, 0.05) is 0 Å². The highest BCUT2D eigenvalue weighted by Gasteiger charge is 2.95. The molecule has 0 heteroatoms. The molecular weight excluding hydrogens is 324 g/mol. The van der Waals surface area contributed by atoms with Gasteiger partial charge in [0.2, 0.25) is 0 Å². The normalized spacial score (nSPS) is 79.5. The van der Waals surface area contributed by atoms with E-state index in [9.17, 15) is 0 Å². The molecule has 0 bridgehead atoms. The lowest BCUT2D eigenvalue weighted by atomic mass is 9.61. The summed E-state index contributed by atoms with van der Waals surface area (Å²) < 4.78 is 0. The van der Waals surface area contributed by atoms with Gasteiger partial charge in [0.05, 0.1) is 0 Å². The van der Waals surface area contributed by atoms with Crippen LogP contribution in [0.2, 0.25) is 0 Å². The monoisotopic (exact) mass is 352 g/mol. The molecule has 136 valence electrons. The highest BCUT2D eigenvalue weighted by atomic mass is 15.0. The van der Waals surface area contributed by atoms with Gasteiger partial charge in [-0.05, 0) is 131 Å². The quantitative estimate of drug-likeness (QED) is 0.729. The van der Waals surface area contributed by atoms with Crippen LogP contribution in [-0.4, -0.2) is 0 Å². The third kappa shape index (κ3) is 0.854. The van der Waals surface area contributed by atoms with Gasteiger partial charge in [0.25, 0.3) is 0 Å². The molecule has 10 aliphatic carbocycles. The molecule has 0 aromatic heterocycles. The lowest BCUT2D eigenvalue weighted by molar-refractivity contribution is 0.0556. The minimum absolute atomic E-state index is 0.784. The molecule has 11 rings (SSSR count). The van der Waals surface area contributed by atoms with Crippen LogP contribution in [0.4, 0.5) is 0 Å². The van der Waals surface area contributed by atoms with E-state index in [1.807, 2.05) is 0 Å². The van der Waals surface area contributed by atoms with Gasteiger partial charge in [-0.1, -0.05) is 30.3 Å². The zero-order valence-electron chi connectivity index (χ0n) is 15.8. The average molecular weight is 353 g/mol. The van der Waals surface area contributed by atoms with E-state index in [0.29, 0.717) is 0 Å². The fraction of sp³-hybridized carbons (Fsp3) is 0.778. The molecule has 1 aromatic rings. The molecule has 4 unspecified atom stereocenters. The van der Waals surface area contributed by atoms with Gasteiger partial charge in [0.1, 0.15) is 0 Å². The standard InChI is InChI=1S/C27H28/c1-2-4-9(5-3-1)8-27-24-12-6-10-14-11-7-13(24)18-16(11)21-19(14)20-15(10)17(12)25(27)22(20)23(21)26(18)27/h1-5,10-26H,6-8H2/t10-,11+,12-,13-,14?,15+,16-,17-,18-,19?,20+,21-,22+,23-,24?,25-,26-,27?/m1/s1. The number of fused-ring (bicyclic) bond motifs is 4. The zero-order chi connectivity index (χ0) is 16.5. The molecule has 0 heterocycles. The van der Waals surface area contributed by atoms with Gasteiger partial charge >= 0.3 is 0 Å². The van der Waals surface area contributed by atoms with Crippen molar-refractivity contribution < 1.29 is 0 Å². The van der Waals surface area contributed by atoms with Gasteiger partial charge < -0.3 is 0 Å². The summed E-state index contributed by atoms with van der Waals surface area (Å²) in [6.45, 7) is 0. The summed E-state index contributed by atoms with van der Waals surface area (Å²) in [6.07, 6.45) is 4.92. The topological polar surface area (TPSA) is 0 Å². The zero-order valence-corrected chi connectivity index (χ0v) is 15.8. The first kappa shape index (κ1) is 12.7. The van der Waals surface area contributed by atoms with E-state index in [2.05, 4.69) is 30.3 Å². The van der Waals surface area contributed by atoms with E-state index < -0.39 is 0 Å². The smallest absolute Gasteiger partial charge is 0.0155 e. The Morgan fingerprint density at radius 1 is 0.556 bits per heavy atom. The predicted octanol–water partition coefficient (Wildman–Crippen LogP) is 4.61. The average Bonchev–Trinajstić information content (AvgIpc) is 3.41. The number of hydrogen-bond donors (Lipinski definition) is 0. The minimum Gasteiger partial charge on any atom is -0.0622 e. The Bertz CT molecular complexity index is 904. The molecule has 0 saturated heterocycles. The first-order chi connectivity index (χ1) is 13.4. The lowest BCUT2D eigenvalue weighted by Gasteiger charge is -2.43. The van der Waals surface area contributed by atoms with Crippen LogP contribution >= 0.6 is 0 Å². The van der Waals surface area contributed by atoms with Gasteiger partial charge in [-0.25, -0.2) is 0 Å². The molecule has 0 amide bonds. The van der Waals surface area contributed by atoms with Crippen molar-refractivity contribution in [1.82, 2.24) is 0 Å². The Morgan fingerprint density at radius 2 is 1.15 bits per heavy atom. The molecular formula is C27H28. The Labute approximate surface area is 161 Å². The summed E-state index contributed by atoms with van der Waals surface area (Å²) in [5.41, 5.74) is 2.49. The van der Waals surface area contributed by atoms with Crippen molar-refractivity contribution in [2.24, 2.45) is 106 Å². The maximum atomic E-state index is 2.49. The third-order valence-electron chi connectivity index (χ3n) is 14.3. The second kappa shape index (κ2) is 3.27. The van der Waals surface area contributed by atoms with Gasteiger partial charge in [-0.3, -0.25) is 0 Å². The van der Waals surface area contributed by atoms with Crippen molar-refractivity contribution in [1.29, 1.82) is 0 Å². The van der Waals surface area contributed by atoms with Crippen LogP contribution in [0, 0.1) is 106 Å². The summed E-state index contributed by atoms with van der Waals surface area (Å²) in [7, 11) is 0. The summed E-state index contributed by atoms with van der Waals surface area (Å²) in [5, 5.41) is 0. The molecule has 0 aliphatic heterocycles. The maximum Gasteiger partial charge on any atom is -0.0155 e. The molecule has 0 nitrogen and oxygen atoms in total.